The van der Waals surface area contributed by atoms with E-state index in [0.717, 1.165) is 5.56 Å². The number of sulfone groups is 1. The number of rotatable bonds is 6. The highest BCUT2D eigenvalue weighted by atomic mass is 32.2. The lowest BCUT2D eigenvalue weighted by Crippen LogP contribution is -2.25. The molecule has 2 saturated carbocycles. The molecule has 0 unspecified atom stereocenters. The van der Waals surface area contributed by atoms with E-state index in [-0.39, 0.29) is 11.9 Å². The van der Waals surface area contributed by atoms with Crippen LogP contribution in [0, 0.1) is 11.8 Å². The Kier molecular flexibility index (Phi) is 4.32. The van der Waals surface area contributed by atoms with Gasteiger partial charge in [0, 0.05) is 12.3 Å². The summed E-state index contributed by atoms with van der Waals surface area (Å²) in [7, 11) is -3.19. The summed E-state index contributed by atoms with van der Waals surface area (Å²) in [5, 5.41) is 2.99. The molecule has 0 bridgehead atoms. The van der Waals surface area contributed by atoms with Crippen molar-refractivity contribution in [2.45, 2.75) is 43.5 Å². The third-order valence-electron chi connectivity index (χ3n) is 4.56. The molecule has 0 heterocycles. The molecule has 0 radical (unpaired) electrons. The predicted octanol–water partition coefficient (Wildman–Crippen LogP) is 3.01. The molecule has 1 aromatic rings. The Morgan fingerprint density at radius 3 is 2.09 bits per heavy atom. The average molecular weight is 333 g/mol. The van der Waals surface area contributed by atoms with Crippen LogP contribution in [0.3, 0.4) is 0 Å². The number of nitrogens with one attached hydrogen (secondary N) is 1. The van der Waals surface area contributed by atoms with Gasteiger partial charge < -0.3 is 5.32 Å². The molecular formula is C18H23NO3S. The molecule has 0 aromatic heterocycles. The largest absolute Gasteiger partial charge is 0.346 e. The highest BCUT2D eigenvalue weighted by Gasteiger charge is 2.36. The summed E-state index contributed by atoms with van der Waals surface area (Å²) >= 11 is 0. The van der Waals surface area contributed by atoms with E-state index >= 15 is 0 Å². The van der Waals surface area contributed by atoms with E-state index in [2.05, 4.69) is 5.32 Å². The van der Waals surface area contributed by atoms with Crippen LogP contribution in [0.2, 0.25) is 0 Å². The topological polar surface area (TPSA) is 63.2 Å². The molecule has 5 heteroatoms. The first-order chi connectivity index (χ1) is 10.8. The summed E-state index contributed by atoms with van der Waals surface area (Å²) in [5.41, 5.74) is 2.24. The van der Waals surface area contributed by atoms with Crippen molar-refractivity contribution >= 4 is 15.7 Å². The molecule has 1 N–H and O–H groups in total. The molecule has 1 atom stereocenters. The van der Waals surface area contributed by atoms with Gasteiger partial charge in [0.15, 0.2) is 9.84 Å². The first-order valence-corrected chi connectivity index (χ1v) is 10.1. The zero-order valence-corrected chi connectivity index (χ0v) is 14.4. The lowest BCUT2D eigenvalue weighted by Gasteiger charge is -2.14. The van der Waals surface area contributed by atoms with E-state index < -0.39 is 9.84 Å². The Morgan fingerprint density at radius 2 is 1.65 bits per heavy atom. The van der Waals surface area contributed by atoms with Gasteiger partial charge in [0.2, 0.25) is 5.91 Å². The van der Waals surface area contributed by atoms with Crippen molar-refractivity contribution in [2.24, 2.45) is 11.8 Å². The number of carbonyl (C=O) groups excluding carboxylic acids is 1. The molecule has 1 aromatic carbocycles. The minimum atomic E-state index is -3.19. The first-order valence-electron chi connectivity index (χ1n) is 8.16. The summed E-state index contributed by atoms with van der Waals surface area (Å²) in [5.74, 6) is 1.23. The maximum Gasteiger partial charge on any atom is 0.244 e. The fraction of sp³-hybridized carbons (Fsp3) is 0.500. The van der Waals surface area contributed by atoms with Gasteiger partial charge in [0.1, 0.15) is 0 Å². The van der Waals surface area contributed by atoms with E-state index in [0.29, 0.717) is 16.7 Å². The van der Waals surface area contributed by atoms with Crippen molar-refractivity contribution in [3.63, 3.8) is 0 Å². The highest BCUT2D eigenvalue weighted by Crippen LogP contribution is 2.48. The van der Waals surface area contributed by atoms with E-state index in [4.69, 9.17) is 0 Å². The van der Waals surface area contributed by atoms with Gasteiger partial charge in [-0.2, -0.15) is 0 Å². The van der Waals surface area contributed by atoms with Crippen LogP contribution in [0.4, 0.5) is 0 Å². The summed E-state index contributed by atoms with van der Waals surface area (Å²) < 4.78 is 23.0. The van der Waals surface area contributed by atoms with Gasteiger partial charge in [-0.05, 0) is 62.1 Å². The fourth-order valence-electron chi connectivity index (χ4n) is 2.90. The number of hydrogen-bond donors (Lipinski definition) is 1. The van der Waals surface area contributed by atoms with Gasteiger partial charge in [-0.25, -0.2) is 8.42 Å². The Morgan fingerprint density at radius 1 is 1.13 bits per heavy atom. The third kappa shape index (κ3) is 4.22. The van der Waals surface area contributed by atoms with Gasteiger partial charge >= 0.3 is 0 Å². The van der Waals surface area contributed by atoms with Crippen molar-refractivity contribution in [3.8, 4) is 0 Å². The van der Waals surface area contributed by atoms with Crippen LogP contribution >= 0.6 is 0 Å². The molecule has 124 valence electrons. The minimum absolute atomic E-state index is 0.0431. The summed E-state index contributed by atoms with van der Waals surface area (Å²) in [6.45, 7) is 1.91. The zero-order chi connectivity index (χ0) is 16.6. The second-order valence-electron chi connectivity index (χ2n) is 6.76. The minimum Gasteiger partial charge on any atom is -0.346 e. The summed E-state index contributed by atoms with van der Waals surface area (Å²) in [4.78, 5) is 12.5. The normalized spacial score (nSPS) is 19.0. The number of allylic oxidation sites excluding steroid dienone is 1. The highest BCUT2D eigenvalue weighted by molar-refractivity contribution is 7.90. The second-order valence-corrected chi connectivity index (χ2v) is 8.78. The van der Waals surface area contributed by atoms with Gasteiger partial charge in [-0.15, -0.1) is 0 Å². The molecule has 4 nitrogen and oxygen atoms in total. The van der Waals surface area contributed by atoms with Crippen LogP contribution in [0.1, 0.15) is 44.2 Å². The Balaban J connectivity index is 1.65. The molecule has 1 amide bonds. The first kappa shape index (κ1) is 16.2. The number of carbonyl (C=O) groups is 1. The maximum absolute atomic E-state index is 12.2. The molecule has 23 heavy (non-hydrogen) atoms. The smallest absolute Gasteiger partial charge is 0.244 e. The van der Waals surface area contributed by atoms with Gasteiger partial charge in [0.25, 0.3) is 0 Å². The van der Waals surface area contributed by atoms with Gasteiger partial charge in [-0.3, -0.25) is 4.79 Å². The third-order valence-corrected chi connectivity index (χ3v) is 5.69. The van der Waals surface area contributed by atoms with E-state index in [9.17, 15) is 13.2 Å². The Bertz CT molecular complexity index is 712. The van der Waals surface area contributed by atoms with Crippen molar-refractivity contribution in [2.75, 3.05) is 6.26 Å². The van der Waals surface area contributed by atoms with Crippen LogP contribution in [0.25, 0.3) is 0 Å². The lowest BCUT2D eigenvalue weighted by atomic mass is 10.0. The van der Waals surface area contributed by atoms with Crippen molar-refractivity contribution in [3.05, 3.63) is 41.5 Å². The molecule has 2 fully saturated rings. The predicted molar refractivity (Wildman–Crippen MR) is 89.6 cm³/mol. The average Bonchev–Trinajstić information content (AvgIpc) is 3.37. The quantitative estimate of drug-likeness (QED) is 0.814. The van der Waals surface area contributed by atoms with Crippen molar-refractivity contribution < 1.29 is 13.2 Å². The van der Waals surface area contributed by atoms with Crippen LogP contribution < -0.4 is 5.32 Å². The van der Waals surface area contributed by atoms with Crippen LogP contribution in [0.15, 0.2) is 40.8 Å². The Hall–Kier alpha value is -1.62. The number of hydrogen-bond acceptors (Lipinski definition) is 3. The van der Waals surface area contributed by atoms with Crippen molar-refractivity contribution in [1.82, 2.24) is 5.32 Å². The summed E-state index contributed by atoms with van der Waals surface area (Å²) in [6.07, 6.45) is 7.87. The molecule has 3 rings (SSSR count). The van der Waals surface area contributed by atoms with Gasteiger partial charge in [-0.1, -0.05) is 17.7 Å². The number of amides is 1. The monoisotopic (exact) mass is 333 g/mol. The summed E-state index contributed by atoms with van der Waals surface area (Å²) in [6, 6.07) is 6.54. The van der Waals surface area contributed by atoms with Crippen LogP contribution in [-0.4, -0.2) is 20.6 Å². The lowest BCUT2D eigenvalue weighted by molar-refractivity contribution is -0.117. The molecule has 0 saturated heterocycles. The molecular weight excluding hydrogens is 310 g/mol. The second kappa shape index (κ2) is 6.11. The fourth-order valence-corrected chi connectivity index (χ4v) is 3.53. The van der Waals surface area contributed by atoms with E-state index in [1.54, 1.807) is 30.3 Å². The van der Waals surface area contributed by atoms with Crippen LogP contribution in [0.5, 0.6) is 0 Å². The zero-order valence-electron chi connectivity index (χ0n) is 13.6. The number of benzene rings is 1. The standard InChI is InChI=1S/C18H23NO3S/c1-12(13-7-9-16(10-8-13)23(2,21)22)19-18(20)11-17(14-3-4-14)15-5-6-15/h7-12,14-15H,3-6H2,1-2H3,(H,19,20)/t12-/m0/s1. The van der Waals surface area contributed by atoms with E-state index in [1.165, 1.54) is 37.5 Å². The SMILES string of the molecule is C[C@H](NC(=O)C=C(C1CC1)C1CC1)c1ccc(S(C)(=O)=O)cc1. The van der Waals surface area contributed by atoms with Crippen LogP contribution in [-0.2, 0) is 14.6 Å². The van der Waals surface area contributed by atoms with Gasteiger partial charge in [0.05, 0.1) is 10.9 Å². The van der Waals surface area contributed by atoms with Crippen molar-refractivity contribution in [1.29, 1.82) is 0 Å². The van der Waals surface area contributed by atoms with E-state index in [1.807, 2.05) is 6.92 Å². The molecule has 0 aliphatic heterocycles. The Labute approximate surface area is 137 Å². The molecule has 0 spiro atoms. The maximum atomic E-state index is 12.2. The molecule has 2 aliphatic rings. The molecule has 2 aliphatic carbocycles.